The second-order valence-corrected chi connectivity index (χ2v) is 12.8. The third-order valence-corrected chi connectivity index (χ3v) is 9.31. The van der Waals surface area contributed by atoms with Crippen LogP contribution in [0.3, 0.4) is 0 Å². The molecule has 1 aromatic carbocycles. The van der Waals surface area contributed by atoms with Gasteiger partial charge in [-0.15, -0.1) is 11.6 Å². The zero-order chi connectivity index (χ0) is 23.5. The Labute approximate surface area is 204 Å². The maximum absolute atomic E-state index is 14.5. The van der Waals surface area contributed by atoms with Crippen LogP contribution in [0.2, 0.25) is 12.1 Å². The van der Waals surface area contributed by atoms with Crippen LogP contribution in [-0.4, -0.2) is 8.74 Å². The second kappa shape index (κ2) is 19.0. The number of hydrogen-bond donors (Lipinski definition) is 0. The van der Waals surface area contributed by atoms with E-state index in [1.165, 1.54) is 83.5 Å². The van der Waals surface area contributed by atoms with Gasteiger partial charge in [-0.2, -0.15) is 0 Å². The molecular formula is C28H49ClF2Si. The van der Waals surface area contributed by atoms with Crippen molar-refractivity contribution < 1.29 is 8.22 Å². The van der Waals surface area contributed by atoms with Crippen molar-refractivity contribution in [2.45, 2.75) is 140 Å². The number of rotatable bonds is 21. The molecule has 0 aliphatic heterocycles. The van der Waals surface area contributed by atoms with Crippen LogP contribution in [0, 0.1) is 0 Å². The predicted molar refractivity (Wildman–Crippen MR) is 142 cm³/mol. The molecule has 0 heterocycles. The molecule has 0 fully saturated rings. The molecule has 0 bridgehead atoms. The first kappa shape index (κ1) is 29.6. The first-order valence-corrected chi connectivity index (χ1v) is 16.2. The van der Waals surface area contributed by atoms with Crippen LogP contribution in [0.4, 0.5) is 8.22 Å². The zero-order valence-corrected chi connectivity index (χ0v) is 22.7. The summed E-state index contributed by atoms with van der Waals surface area (Å²) in [5, 5.41) is 0. The van der Waals surface area contributed by atoms with Crippen molar-refractivity contribution in [3.8, 4) is 0 Å². The van der Waals surface area contributed by atoms with Crippen LogP contribution < -0.4 is 0 Å². The Morgan fingerprint density at radius 1 is 0.688 bits per heavy atom. The van der Waals surface area contributed by atoms with E-state index < -0.39 is 8.74 Å². The fraction of sp³-hybridized carbons (Fsp3) is 0.786. The standard InChI is InChI=1S/C28H49ClF2Si/c1-3-4-5-6-7-8-9-10-11-12-13-14-15-16-17-18-23-32(30,31)25-26(2)28-21-19-27(24-29)20-22-28/h19-22,26H,3-18,23-25H2,1-2H3. The monoisotopic (exact) mass is 486 g/mol. The van der Waals surface area contributed by atoms with E-state index in [1.54, 1.807) is 0 Å². The van der Waals surface area contributed by atoms with E-state index in [1.807, 2.05) is 31.2 Å². The van der Waals surface area contributed by atoms with Crippen molar-refractivity contribution in [3.05, 3.63) is 35.4 Å². The van der Waals surface area contributed by atoms with E-state index in [2.05, 4.69) is 6.92 Å². The SMILES string of the molecule is CCCCCCCCCCCCCCCCCC[Si](F)(F)CC(C)c1ccc(CCl)cc1. The minimum absolute atomic E-state index is 0.0675. The molecule has 0 saturated carbocycles. The Bertz CT molecular complexity index is 547. The second-order valence-electron chi connectivity index (χ2n) is 9.89. The summed E-state index contributed by atoms with van der Waals surface area (Å²) in [5.41, 5.74) is 2.05. The molecule has 1 rings (SSSR count). The molecule has 0 saturated heterocycles. The minimum atomic E-state index is -4.10. The van der Waals surface area contributed by atoms with Crippen molar-refractivity contribution in [2.24, 2.45) is 0 Å². The van der Waals surface area contributed by atoms with Crippen molar-refractivity contribution in [2.75, 3.05) is 0 Å². The first-order valence-electron chi connectivity index (χ1n) is 13.5. The highest BCUT2D eigenvalue weighted by atomic mass is 35.5. The molecule has 0 nitrogen and oxygen atoms in total. The highest BCUT2D eigenvalue weighted by Gasteiger charge is 2.36. The predicted octanol–water partition coefficient (Wildman–Crippen LogP) is 11.2. The summed E-state index contributed by atoms with van der Waals surface area (Å²) in [4.78, 5) is 0. The molecule has 0 aliphatic carbocycles. The lowest BCUT2D eigenvalue weighted by atomic mass is 10.0. The van der Waals surface area contributed by atoms with Gasteiger partial charge in [0.05, 0.1) is 0 Å². The lowest BCUT2D eigenvalue weighted by molar-refractivity contribution is 0.524. The van der Waals surface area contributed by atoms with Gasteiger partial charge in [0, 0.05) is 11.9 Å². The van der Waals surface area contributed by atoms with Gasteiger partial charge in [-0.25, -0.2) is 0 Å². The fourth-order valence-electron chi connectivity index (χ4n) is 4.53. The molecule has 0 radical (unpaired) electrons. The van der Waals surface area contributed by atoms with Crippen LogP contribution >= 0.6 is 11.6 Å². The number of benzene rings is 1. The van der Waals surface area contributed by atoms with Crippen molar-refractivity contribution in [1.29, 1.82) is 0 Å². The van der Waals surface area contributed by atoms with Gasteiger partial charge >= 0.3 is 8.74 Å². The summed E-state index contributed by atoms with van der Waals surface area (Å²) in [5.74, 6) is 0.404. The average Bonchev–Trinajstić information content (AvgIpc) is 2.78. The highest BCUT2D eigenvalue weighted by Crippen LogP contribution is 2.32. The fourth-order valence-corrected chi connectivity index (χ4v) is 6.82. The summed E-state index contributed by atoms with van der Waals surface area (Å²) in [7, 11) is -4.10. The minimum Gasteiger partial charge on any atom is -0.270 e. The van der Waals surface area contributed by atoms with Crippen LogP contribution in [0.1, 0.15) is 134 Å². The van der Waals surface area contributed by atoms with Gasteiger partial charge in [0.1, 0.15) is 0 Å². The van der Waals surface area contributed by atoms with Crippen LogP contribution in [-0.2, 0) is 5.88 Å². The summed E-state index contributed by atoms with van der Waals surface area (Å²) in [6.45, 7) is 4.21. The maximum atomic E-state index is 14.5. The van der Waals surface area contributed by atoms with Gasteiger partial charge in [-0.3, -0.25) is 8.22 Å². The Balaban J connectivity index is 1.95. The molecular weight excluding hydrogens is 438 g/mol. The molecule has 0 N–H and O–H groups in total. The van der Waals surface area contributed by atoms with Crippen molar-refractivity contribution >= 4 is 20.3 Å². The maximum Gasteiger partial charge on any atom is 0.425 e. The molecule has 4 heteroatoms. The molecule has 186 valence electrons. The van der Waals surface area contributed by atoms with Gasteiger partial charge in [0.2, 0.25) is 0 Å². The quantitative estimate of drug-likeness (QED) is 0.0700. The molecule has 0 aromatic heterocycles. The van der Waals surface area contributed by atoms with Gasteiger partial charge in [-0.05, 0) is 23.1 Å². The molecule has 32 heavy (non-hydrogen) atoms. The Kier molecular flexibility index (Phi) is 17.5. The number of alkyl halides is 1. The average molecular weight is 487 g/mol. The molecule has 1 unspecified atom stereocenters. The topological polar surface area (TPSA) is 0 Å². The lowest BCUT2D eigenvalue weighted by Gasteiger charge is -2.18. The number of unbranched alkanes of at least 4 members (excludes halogenated alkanes) is 15. The Morgan fingerprint density at radius 3 is 1.50 bits per heavy atom. The van der Waals surface area contributed by atoms with E-state index in [-0.39, 0.29) is 18.0 Å². The highest BCUT2D eigenvalue weighted by molar-refractivity contribution is 6.66. The zero-order valence-electron chi connectivity index (χ0n) is 21.0. The van der Waals surface area contributed by atoms with Gasteiger partial charge in [0.15, 0.2) is 0 Å². The van der Waals surface area contributed by atoms with Crippen molar-refractivity contribution in [3.63, 3.8) is 0 Å². The first-order chi connectivity index (χ1) is 15.5. The normalized spacial score (nSPS) is 12.9. The third-order valence-electron chi connectivity index (χ3n) is 6.70. The lowest BCUT2D eigenvalue weighted by Crippen LogP contribution is -2.24. The largest absolute Gasteiger partial charge is 0.425 e. The molecule has 0 aliphatic rings. The summed E-state index contributed by atoms with van der Waals surface area (Å²) >= 11 is 5.81. The molecule has 0 spiro atoms. The molecule has 0 amide bonds. The third kappa shape index (κ3) is 15.4. The van der Waals surface area contributed by atoms with E-state index in [0.717, 1.165) is 24.0 Å². The number of halogens is 3. The van der Waals surface area contributed by atoms with E-state index >= 15 is 0 Å². The van der Waals surface area contributed by atoms with E-state index in [9.17, 15) is 8.22 Å². The molecule has 1 aromatic rings. The summed E-state index contributed by atoms with van der Waals surface area (Å²) < 4.78 is 29.0. The van der Waals surface area contributed by atoms with E-state index in [0.29, 0.717) is 12.3 Å². The summed E-state index contributed by atoms with van der Waals surface area (Å²) in [6, 6.07) is 8.06. The Hall–Kier alpha value is -0.413. The van der Waals surface area contributed by atoms with Gasteiger partial charge in [0.25, 0.3) is 0 Å². The van der Waals surface area contributed by atoms with E-state index in [4.69, 9.17) is 11.6 Å². The smallest absolute Gasteiger partial charge is 0.270 e. The summed E-state index contributed by atoms with van der Waals surface area (Å²) in [6.07, 6.45) is 20.5. The van der Waals surface area contributed by atoms with Crippen LogP contribution in [0.5, 0.6) is 0 Å². The van der Waals surface area contributed by atoms with Gasteiger partial charge in [-0.1, -0.05) is 141 Å². The van der Waals surface area contributed by atoms with Crippen molar-refractivity contribution in [1.82, 2.24) is 0 Å². The van der Waals surface area contributed by atoms with Crippen LogP contribution in [0.15, 0.2) is 24.3 Å². The Morgan fingerprint density at radius 2 is 1.09 bits per heavy atom. The number of hydrogen-bond acceptors (Lipinski definition) is 0. The van der Waals surface area contributed by atoms with Gasteiger partial charge < -0.3 is 0 Å². The molecule has 1 atom stereocenters. The van der Waals surface area contributed by atoms with Crippen LogP contribution in [0.25, 0.3) is 0 Å².